The van der Waals surface area contributed by atoms with Crippen LogP contribution in [-0.2, 0) is 6.42 Å². The van der Waals surface area contributed by atoms with Crippen molar-refractivity contribution in [1.82, 2.24) is 10.6 Å². The molecule has 2 aromatic rings. The molecule has 1 aliphatic rings. The van der Waals surface area contributed by atoms with Gasteiger partial charge in [0.15, 0.2) is 0 Å². The molecule has 2 N–H and O–H groups in total. The molecule has 2 aromatic carbocycles. The first-order valence-corrected chi connectivity index (χ1v) is 10.1. The van der Waals surface area contributed by atoms with E-state index in [0.717, 1.165) is 36.2 Å². The van der Waals surface area contributed by atoms with Crippen LogP contribution in [0.25, 0.3) is 0 Å². The minimum absolute atomic E-state index is 0.0955. The second kappa shape index (κ2) is 9.65. The number of anilines is 1. The number of carbonyl (C=O) groups excluding carboxylic acids is 1. The van der Waals surface area contributed by atoms with E-state index in [9.17, 15) is 4.79 Å². The Balaban J connectivity index is 1.37. The van der Waals surface area contributed by atoms with Gasteiger partial charge in [0.05, 0.1) is 7.11 Å². The van der Waals surface area contributed by atoms with E-state index in [0.29, 0.717) is 19.0 Å². The van der Waals surface area contributed by atoms with Crippen molar-refractivity contribution >= 4 is 27.6 Å². The van der Waals surface area contributed by atoms with Gasteiger partial charge in [0, 0.05) is 42.4 Å². The minimum atomic E-state index is -0.0955. The lowest BCUT2D eigenvalue weighted by atomic mass is 10.1. The first kappa shape index (κ1) is 19.5. The average Bonchev–Trinajstić information content (AvgIpc) is 3.17. The topological polar surface area (TPSA) is 53.6 Å². The molecule has 2 amide bonds. The zero-order valence-corrected chi connectivity index (χ0v) is 17.2. The summed E-state index contributed by atoms with van der Waals surface area (Å²) in [6.45, 7) is 3.27. The second-order valence-corrected chi connectivity index (χ2v) is 7.63. The molecule has 1 atom stereocenters. The lowest BCUT2D eigenvalue weighted by molar-refractivity contribution is 0.239. The van der Waals surface area contributed by atoms with Gasteiger partial charge < -0.3 is 20.3 Å². The van der Waals surface area contributed by atoms with Gasteiger partial charge in [-0.15, -0.1) is 0 Å². The monoisotopic (exact) mass is 431 g/mol. The lowest BCUT2D eigenvalue weighted by Gasteiger charge is -2.19. The molecule has 27 heavy (non-hydrogen) atoms. The third kappa shape index (κ3) is 5.63. The van der Waals surface area contributed by atoms with Crippen LogP contribution < -0.4 is 20.3 Å². The molecule has 0 aromatic heterocycles. The molecule has 0 radical (unpaired) electrons. The van der Waals surface area contributed by atoms with E-state index >= 15 is 0 Å². The van der Waals surface area contributed by atoms with Gasteiger partial charge in [-0.25, -0.2) is 4.79 Å². The van der Waals surface area contributed by atoms with Crippen molar-refractivity contribution < 1.29 is 9.53 Å². The Kier molecular flexibility index (Phi) is 6.98. The number of rotatable bonds is 7. The zero-order valence-electron chi connectivity index (χ0n) is 15.6. The highest BCUT2D eigenvalue weighted by molar-refractivity contribution is 9.10. The van der Waals surface area contributed by atoms with Gasteiger partial charge in [0.25, 0.3) is 0 Å². The number of nitrogens with one attached hydrogen (secondary N) is 2. The van der Waals surface area contributed by atoms with Crippen LogP contribution in [-0.4, -0.2) is 39.3 Å². The number of benzene rings is 2. The van der Waals surface area contributed by atoms with Crippen LogP contribution in [0.5, 0.6) is 5.75 Å². The maximum atomic E-state index is 12.0. The number of hydrogen-bond donors (Lipinski definition) is 2. The summed E-state index contributed by atoms with van der Waals surface area (Å²) in [5.41, 5.74) is 2.37. The fourth-order valence-corrected chi connectivity index (χ4v) is 3.84. The largest absolute Gasteiger partial charge is 0.497 e. The number of carbonyl (C=O) groups is 1. The number of methoxy groups -OCH3 is 1. The highest BCUT2D eigenvalue weighted by Gasteiger charge is 2.23. The second-order valence-electron chi connectivity index (χ2n) is 6.78. The molecule has 1 aliphatic heterocycles. The van der Waals surface area contributed by atoms with Gasteiger partial charge in [0.1, 0.15) is 5.75 Å². The molecule has 6 heteroatoms. The first-order valence-electron chi connectivity index (χ1n) is 9.30. The molecule has 0 saturated carbocycles. The van der Waals surface area contributed by atoms with Gasteiger partial charge in [0.2, 0.25) is 0 Å². The van der Waals surface area contributed by atoms with Crippen molar-refractivity contribution in [3.05, 3.63) is 58.6 Å². The molecule has 144 valence electrons. The summed E-state index contributed by atoms with van der Waals surface area (Å²) >= 11 is 3.53. The average molecular weight is 432 g/mol. The van der Waals surface area contributed by atoms with Crippen LogP contribution in [0.15, 0.2) is 53.0 Å². The van der Waals surface area contributed by atoms with Crippen LogP contribution in [0.1, 0.15) is 12.0 Å². The molecule has 0 bridgehead atoms. The van der Waals surface area contributed by atoms with E-state index in [1.165, 1.54) is 11.3 Å². The predicted molar refractivity (Wildman–Crippen MR) is 113 cm³/mol. The summed E-state index contributed by atoms with van der Waals surface area (Å²) in [5, 5.41) is 5.95. The van der Waals surface area contributed by atoms with Crippen molar-refractivity contribution in [2.45, 2.75) is 12.8 Å². The normalized spacial score (nSPS) is 16.2. The predicted octanol–water partition coefficient (Wildman–Crippen LogP) is 3.83. The van der Waals surface area contributed by atoms with E-state index < -0.39 is 0 Å². The van der Waals surface area contributed by atoms with Crippen molar-refractivity contribution in [3.8, 4) is 5.75 Å². The van der Waals surface area contributed by atoms with E-state index in [4.69, 9.17) is 4.74 Å². The minimum Gasteiger partial charge on any atom is -0.497 e. The number of amides is 2. The van der Waals surface area contributed by atoms with Crippen LogP contribution in [0.3, 0.4) is 0 Å². The highest BCUT2D eigenvalue weighted by Crippen LogP contribution is 2.26. The number of nitrogens with zero attached hydrogens (tertiary/aromatic N) is 1. The van der Waals surface area contributed by atoms with Gasteiger partial charge >= 0.3 is 6.03 Å². The van der Waals surface area contributed by atoms with Crippen molar-refractivity contribution in [3.63, 3.8) is 0 Å². The Labute approximate surface area is 169 Å². The van der Waals surface area contributed by atoms with E-state index in [1.807, 2.05) is 30.3 Å². The van der Waals surface area contributed by atoms with Crippen molar-refractivity contribution in [1.29, 1.82) is 0 Å². The summed E-state index contributed by atoms with van der Waals surface area (Å²) in [7, 11) is 1.69. The fourth-order valence-electron chi connectivity index (χ4n) is 3.35. The Bertz CT molecular complexity index is 769. The Morgan fingerprint density at radius 2 is 2.07 bits per heavy atom. The van der Waals surface area contributed by atoms with Crippen LogP contribution in [0, 0.1) is 5.92 Å². The molecular weight excluding hydrogens is 406 g/mol. The standard InChI is InChI=1S/C21H26BrN3O2/c1-27-19-7-4-6-18(13-19)25-12-10-16(15-25)14-24-21(26)23-11-9-17-5-2-3-8-20(17)22/h2-8,13,16H,9-12,14-15H2,1H3,(H2,23,24,26). The molecule has 5 nitrogen and oxygen atoms in total. The third-order valence-electron chi connectivity index (χ3n) is 4.89. The summed E-state index contributed by atoms with van der Waals surface area (Å²) in [4.78, 5) is 14.4. The van der Waals surface area contributed by atoms with E-state index in [1.54, 1.807) is 7.11 Å². The molecule has 1 unspecified atom stereocenters. The lowest BCUT2D eigenvalue weighted by Crippen LogP contribution is -2.39. The van der Waals surface area contributed by atoms with Gasteiger partial charge in [-0.2, -0.15) is 0 Å². The van der Waals surface area contributed by atoms with Gasteiger partial charge in [-0.05, 0) is 42.5 Å². The van der Waals surface area contributed by atoms with Gasteiger partial charge in [-0.3, -0.25) is 0 Å². The maximum absolute atomic E-state index is 12.0. The molecule has 1 fully saturated rings. The first-order chi connectivity index (χ1) is 13.2. The van der Waals surface area contributed by atoms with E-state index in [-0.39, 0.29) is 6.03 Å². The van der Waals surface area contributed by atoms with Crippen LogP contribution in [0.2, 0.25) is 0 Å². The van der Waals surface area contributed by atoms with Crippen molar-refractivity contribution in [2.75, 3.05) is 38.2 Å². The third-order valence-corrected chi connectivity index (χ3v) is 5.67. The number of ether oxygens (including phenoxy) is 1. The highest BCUT2D eigenvalue weighted by atomic mass is 79.9. The molecule has 1 heterocycles. The summed E-state index contributed by atoms with van der Waals surface area (Å²) < 4.78 is 6.38. The summed E-state index contributed by atoms with van der Waals surface area (Å²) in [6, 6.07) is 16.1. The quantitative estimate of drug-likeness (QED) is 0.700. The molecule has 3 rings (SSSR count). The smallest absolute Gasteiger partial charge is 0.314 e. The van der Waals surface area contributed by atoms with Crippen molar-refractivity contribution in [2.24, 2.45) is 5.92 Å². The van der Waals surface area contributed by atoms with Gasteiger partial charge in [-0.1, -0.05) is 40.2 Å². The van der Waals surface area contributed by atoms with E-state index in [2.05, 4.69) is 49.7 Å². The number of halogens is 1. The maximum Gasteiger partial charge on any atom is 0.314 e. The summed E-state index contributed by atoms with van der Waals surface area (Å²) in [6.07, 6.45) is 1.89. The Morgan fingerprint density at radius 1 is 1.22 bits per heavy atom. The molecule has 0 spiro atoms. The fraction of sp³-hybridized carbons (Fsp3) is 0.381. The molecular formula is C21H26BrN3O2. The Hall–Kier alpha value is -2.21. The zero-order chi connectivity index (χ0) is 19.1. The molecule has 0 aliphatic carbocycles. The van der Waals surface area contributed by atoms with Crippen LogP contribution in [0.4, 0.5) is 10.5 Å². The SMILES string of the molecule is COc1cccc(N2CCC(CNC(=O)NCCc3ccccc3Br)C2)c1. The number of urea groups is 1. The summed E-state index contributed by atoms with van der Waals surface area (Å²) in [5.74, 6) is 1.34. The Morgan fingerprint density at radius 3 is 2.89 bits per heavy atom. The molecule has 1 saturated heterocycles. The number of hydrogen-bond acceptors (Lipinski definition) is 3. The van der Waals surface area contributed by atoms with Crippen LogP contribution >= 0.6 is 15.9 Å².